The topological polar surface area (TPSA) is 54.7 Å². The van der Waals surface area contributed by atoms with Gasteiger partial charge in [-0.3, -0.25) is 0 Å². The van der Waals surface area contributed by atoms with Crippen LogP contribution in [0.1, 0.15) is 0 Å². The number of nitrogen functional groups attached to an aromatic ring is 1. The first-order chi connectivity index (χ1) is 7.74. The summed E-state index contributed by atoms with van der Waals surface area (Å²) in [4.78, 5) is 7.68. The van der Waals surface area contributed by atoms with E-state index in [2.05, 4.69) is 9.97 Å². The number of nitrogens with zero attached hydrogens (tertiary/aromatic N) is 1. The molecule has 0 bridgehead atoms. The molecule has 2 aromatic heterocycles. The van der Waals surface area contributed by atoms with Crippen LogP contribution in [0.25, 0.3) is 22.4 Å². The predicted octanol–water partition coefficient (Wildman–Crippen LogP) is 3.53. The van der Waals surface area contributed by atoms with Crippen LogP contribution >= 0.6 is 22.9 Å². The number of hydrogen-bond acceptors (Lipinski definition) is 3. The lowest BCUT2D eigenvalue weighted by atomic mass is 10.2. The van der Waals surface area contributed by atoms with Crippen LogP contribution in [-0.4, -0.2) is 9.97 Å². The highest BCUT2D eigenvalue weighted by molar-refractivity contribution is 7.09. The maximum Gasteiger partial charge on any atom is 0.140 e. The minimum Gasteiger partial charge on any atom is -0.399 e. The van der Waals surface area contributed by atoms with E-state index in [9.17, 15) is 0 Å². The van der Waals surface area contributed by atoms with Gasteiger partial charge in [0.2, 0.25) is 0 Å². The zero-order valence-electron chi connectivity index (χ0n) is 8.20. The molecule has 3 nitrogen and oxygen atoms in total. The number of nitrogens with two attached hydrogens (primary N) is 1. The summed E-state index contributed by atoms with van der Waals surface area (Å²) in [6.45, 7) is 0. The highest BCUT2D eigenvalue weighted by Gasteiger charge is 2.09. The van der Waals surface area contributed by atoms with Gasteiger partial charge < -0.3 is 10.7 Å². The van der Waals surface area contributed by atoms with Crippen molar-refractivity contribution in [3.63, 3.8) is 0 Å². The fraction of sp³-hybridized carbons (Fsp3) is 0. The Bertz CT molecular complexity index is 628. The molecular formula is C11H8ClN3S. The quantitative estimate of drug-likeness (QED) is 0.649. The molecule has 0 saturated heterocycles. The molecule has 3 rings (SSSR count). The average molecular weight is 250 g/mol. The molecule has 0 spiro atoms. The Hall–Kier alpha value is -1.52. The summed E-state index contributed by atoms with van der Waals surface area (Å²) in [5, 5.41) is 4.66. The van der Waals surface area contributed by atoms with Crippen LogP contribution in [0, 0.1) is 0 Å². The van der Waals surface area contributed by atoms with Crippen LogP contribution in [-0.2, 0) is 0 Å². The minimum absolute atomic E-state index is 0.647. The van der Waals surface area contributed by atoms with E-state index in [0.29, 0.717) is 10.7 Å². The van der Waals surface area contributed by atoms with Gasteiger partial charge in [0.25, 0.3) is 0 Å². The van der Waals surface area contributed by atoms with E-state index in [1.54, 1.807) is 23.5 Å². The zero-order chi connectivity index (χ0) is 11.1. The van der Waals surface area contributed by atoms with Gasteiger partial charge in [-0.25, -0.2) is 4.98 Å². The summed E-state index contributed by atoms with van der Waals surface area (Å²) in [6.07, 6.45) is 0. The van der Waals surface area contributed by atoms with Gasteiger partial charge in [0.05, 0.1) is 16.1 Å². The van der Waals surface area contributed by atoms with Gasteiger partial charge in [-0.05, 0) is 18.2 Å². The minimum atomic E-state index is 0.647. The summed E-state index contributed by atoms with van der Waals surface area (Å²) >= 11 is 7.73. The van der Waals surface area contributed by atoms with Crippen molar-refractivity contribution in [3.8, 4) is 11.4 Å². The average Bonchev–Trinajstić information content (AvgIpc) is 2.81. The Morgan fingerprint density at radius 2 is 2.19 bits per heavy atom. The molecule has 0 aliphatic carbocycles. The number of hydrogen-bond donors (Lipinski definition) is 2. The van der Waals surface area contributed by atoms with E-state index in [1.807, 2.05) is 16.8 Å². The first-order valence-corrected chi connectivity index (χ1v) is 6.03. The van der Waals surface area contributed by atoms with Gasteiger partial charge >= 0.3 is 0 Å². The van der Waals surface area contributed by atoms with Crippen molar-refractivity contribution in [2.75, 3.05) is 5.73 Å². The molecule has 3 aromatic rings. The van der Waals surface area contributed by atoms with Crippen molar-refractivity contribution in [1.82, 2.24) is 9.97 Å². The summed E-state index contributed by atoms with van der Waals surface area (Å²) in [7, 11) is 0. The van der Waals surface area contributed by atoms with E-state index in [0.717, 1.165) is 22.4 Å². The van der Waals surface area contributed by atoms with E-state index in [-0.39, 0.29) is 0 Å². The van der Waals surface area contributed by atoms with Crippen LogP contribution in [0.4, 0.5) is 5.69 Å². The Kier molecular flexibility index (Phi) is 2.12. The molecule has 0 aliphatic heterocycles. The first-order valence-electron chi connectivity index (χ1n) is 4.71. The number of rotatable bonds is 1. The van der Waals surface area contributed by atoms with Crippen LogP contribution in [0.5, 0.6) is 0 Å². The lowest BCUT2D eigenvalue weighted by Crippen LogP contribution is -1.87. The normalized spacial score (nSPS) is 11.1. The standard InChI is InChI=1S/C11H8ClN3S/c12-8-2-1-6(13)3-7(8)11-14-9-4-16-5-10(9)15-11/h1-5H,13H2,(H,14,15). The van der Waals surface area contributed by atoms with Crippen LogP contribution in [0.3, 0.4) is 0 Å². The molecule has 80 valence electrons. The summed E-state index contributed by atoms with van der Waals surface area (Å²) in [6, 6.07) is 5.38. The highest BCUT2D eigenvalue weighted by Crippen LogP contribution is 2.29. The van der Waals surface area contributed by atoms with Crippen molar-refractivity contribution in [2.45, 2.75) is 0 Å². The van der Waals surface area contributed by atoms with Crippen LogP contribution < -0.4 is 5.73 Å². The smallest absolute Gasteiger partial charge is 0.140 e. The largest absolute Gasteiger partial charge is 0.399 e. The molecule has 5 heteroatoms. The monoisotopic (exact) mass is 249 g/mol. The highest BCUT2D eigenvalue weighted by atomic mass is 35.5. The molecule has 1 aromatic carbocycles. The molecule has 0 fully saturated rings. The van der Waals surface area contributed by atoms with E-state index in [4.69, 9.17) is 17.3 Å². The second-order valence-electron chi connectivity index (χ2n) is 3.50. The number of H-pyrrole nitrogens is 1. The number of aromatic nitrogens is 2. The summed E-state index contributed by atoms with van der Waals surface area (Å²) in [5.74, 6) is 0.759. The Balaban J connectivity index is 2.22. The van der Waals surface area contributed by atoms with Gasteiger partial charge in [-0.1, -0.05) is 11.6 Å². The number of halogens is 1. The molecule has 0 unspecified atom stereocenters. The maximum absolute atomic E-state index is 6.11. The van der Waals surface area contributed by atoms with Crippen molar-refractivity contribution in [3.05, 3.63) is 34.0 Å². The van der Waals surface area contributed by atoms with Gasteiger partial charge in [-0.2, -0.15) is 0 Å². The van der Waals surface area contributed by atoms with Crippen molar-refractivity contribution < 1.29 is 0 Å². The summed E-state index contributed by atoms with van der Waals surface area (Å²) in [5.41, 5.74) is 9.23. The van der Waals surface area contributed by atoms with Crippen molar-refractivity contribution >= 4 is 39.7 Å². The van der Waals surface area contributed by atoms with Gasteiger partial charge in [-0.15, -0.1) is 11.3 Å². The summed E-state index contributed by atoms with van der Waals surface area (Å²) < 4.78 is 0. The van der Waals surface area contributed by atoms with E-state index < -0.39 is 0 Å². The fourth-order valence-corrected chi connectivity index (χ4v) is 2.50. The van der Waals surface area contributed by atoms with E-state index in [1.165, 1.54) is 0 Å². The van der Waals surface area contributed by atoms with Crippen molar-refractivity contribution in [2.24, 2.45) is 0 Å². The molecule has 0 saturated carbocycles. The molecule has 0 aliphatic rings. The van der Waals surface area contributed by atoms with Gasteiger partial charge in [0, 0.05) is 22.0 Å². The van der Waals surface area contributed by atoms with Gasteiger partial charge in [0.1, 0.15) is 5.82 Å². The number of imidazole rings is 1. The zero-order valence-corrected chi connectivity index (χ0v) is 9.77. The number of aromatic amines is 1. The fourth-order valence-electron chi connectivity index (χ4n) is 1.60. The van der Waals surface area contributed by atoms with Crippen LogP contribution in [0.15, 0.2) is 29.0 Å². The van der Waals surface area contributed by atoms with Crippen molar-refractivity contribution in [1.29, 1.82) is 0 Å². The third kappa shape index (κ3) is 1.47. The Morgan fingerprint density at radius 1 is 1.31 bits per heavy atom. The SMILES string of the molecule is Nc1ccc(Cl)c(-c2nc3cscc3[nH]2)c1. The second kappa shape index (κ2) is 3.50. The number of nitrogens with one attached hydrogen (secondary N) is 1. The predicted molar refractivity (Wildman–Crippen MR) is 68.8 cm³/mol. The molecule has 2 heterocycles. The Morgan fingerprint density at radius 3 is 3.00 bits per heavy atom. The lowest BCUT2D eigenvalue weighted by molar-refractivity contribution is 1.34. The number of fused-ring (bicyclic) bond motifs is 1. The van der Waals surface area contributed by atoms with Gasteiger partial charge in [0.15, 0.2) is 0 Å². The molecular weight excluding hydrogens is 242 g/mol. The lowest BCUT2D eigenvalue weighted by Gasteiger charge is -2.01. The Labute approximate surface area is 101 Å². The van der Waals surface area contributed by atoms with Crippen LogP contribution in [0.2, 0.25) is 5.02 Å². The third-order valence-corrected chi connectivity index (χ3v) is 3.43. The second-order valence-corrected chi connectivity index (χ2v) is 4.65. The molecule has 0 radical (unpaired) electrons. The first kappa shape index (κ1) is 9.69. The number of benzene rings is 1. The molecule has 0 amide bonds. The third-order valence-electron chi connectivity index (χ3n) is 2.37. The molecule has 0 atom stereocenters. The molecule has 3 N–H and O–H groups in total. The maximum atomic E-state index is 6.11. The number of anilines is 1. The molecule has 16 heavy (non-hydrogen) atoms. The van der Waals surface area contributed by atoms with E-state index >= 15 is 0 Å². The number of thiophene rings is 1.